The highest BCUT2D eigenvalue weighted by Crippen LogP contribution is 2.30. The third-order valence-corrected chi connectivity index (χ3v) is 5.05. The molecule has 9 nitrogen and oxygen atoms in total. The summed E-state index contributed by atoms with van der Waals surface area (Å²) < 4.78 is 0. The van der Waals surface area contributed by atoms with E-state index in [4.69, 9.17) is 0 Å². The van der Waals surface area contributed by atoms with Gasteiger partial charge in [-0.15, -0.1) is 0 Å². The van der Waals surface area contributed by atoms with Gasteiger partial charge in [0, 0.05) is 13.3 Å². The zero-order chi connectivity index (χ0) is 21.6. The molecule has 1 aromatic carbocycles. The van der Waals surface area contributed by atoms with Crippen molar-refractivity contribution in [2.75, 3.05) is 0 Å². The third-order valence-electron chi connectivity index (χ3n) is 5.05. The van der Waals surface area contributed by atoms with Gasteiger partial charge in [0.2, 0.25) is 17.7 Å². The number of carboxylic acids is 1. The average molecular weight is 405 g/mol. The number of carbonyl (C=O) groups is 4. The lowest BCUT2D eigenvalue weighted by atomic mass is 9.97. The van der Waals surface area contributed by atoms with Crippen molar-refractivity contribution in [3.63, 3.8) is 0 Å². The van der Waals surface area contributed by atoms with Crippen molar-refractivity contribution in [3.8, 4) is 5.75 Å². The molecule has 0 aliphatic heterocycles. The summed E-state index contributed by atoms with van der Waals surface area (Å²) in [6.45, 7) is 2.74. The Kier molecular flexibility index (Phi) is 7.19. The van der Waals surface area contributed by atoms with Crippen molar-refractivity contribution in [2.24, 2.45) is 0 Å². The molecular weight excluding hydrogens is 378 g/mol. The number of carboxylic acid groups (broad SMARTS) is 1. The number of benzene rings is 1. The number of phenolic OH excluding ortho intramolecular Hbond substituents is 1. The van der Waals surface area contributed by atoms with Crippen molar-refractivity contribution in [1.82, 2.24) is 16.0 Å². The van der Waals surface area contributed by atoms with Crippen LogP contribution in [0, 0.1) is 0 Å². The molecule has 0 unspecified atom stereocenters. The molecule has 9 heteroatoms. The normalized spacial score (nSPS) is 17.0. The molecular formula is C20H27N3O6. The number of amides is 3. The molecule has 0 aromatic heterocycles. The van der Waals surface area contributed by atoms with Crippen LogP contribution in [0.4, 0.5) is 0 Å². The Hall–Kier alpha value is -3.10. The summed E-state index contributed by atoms with van der Waals surface area (Å²) in [6, 6.07) is 4.30. The van der Waals surface area contributed by atoms with Crippen molar-refractivity contribution in [3.05, 3.63) is 29.8 Å². The lowest BCUT2D eigenvalue weighted by molar-refractivity contribution is -0.147. The predicted octanol–water partition coefficient (Wildman–Crippen LogP) is 0.458. The van der Waals surface area contributed by atoms with E-state index in [0.29, 0.717) is 31.2 Å². The van der Waals surface area contributed by atoms with Gasteiger partial charge in [-0.05, 0) is 37.5 Å². The molecule has 2 rings (SSSR count). The fraction of sp³-hybridized carbons (Fsp3) is 0.500. The monoisotopic (exact) mass is 405 g/mol. The second-order valence-corrected chi connectivity index (χ2v) is 7.44. The number of phenols is 1. The van der Waals surface area contributed by atoms with E-state index in [2.05, 4.69) is 16.0 Å². The standard InChI is InChI=1S/C20H27N3O6/c1-12(17(26)23-20(19(28)29)9-3-4-10-20)21-18(27)16(22-13(2)24)11-14-5-7-15(25)8-6-14/h5-8,12,16,25H,3-4,9-11H2,1-2H3,(H,21,27)(H,22,24)(H,23,26)(H,28,29)/t12-,16-/m0/s1. The molecule has 158 valence electrons. The minimum absolute atomic E-state index is 0.0823. The van der Waals surface area contributed by atoms with Gasteiger partial charge in [0.1, 0.15) is 23.4 Å². The molecule has 1 fully saturated rings. The van der Waals surface area contributed by atoms with Crippen LogP contribution in [0.2, 0.25) is 0 Å². The van der Waals surface area contributed by atoms with Crippen molar-refractivity contribution < 1.29 is 29.4 Å². The Morgan fingerprint density at radius 2 is 1.62 bits per heavy atom. The first-order valence-corrected chi connectivity index (χ1v) is 9.54. The minimum atomic E-state index is -1.29. The molecule has 0 saturated heterocycles. The molecule has 0 heterocycles. The van der Waals surface area contributed by atoms with E-state index < -0.39 is 41.3 Å². The SMILES string of the molecule is CC(=O)N[C@@H](Cc1ccc(O)cc1)C(=O)N[C@@H](C)C(=O)NC1(C(=O)O)CCCC1. The van der Waals surface area contributed by atoms with E-state index in [1.54, 1.807) is 12.1 Å². The second-order valence-electron chi connectivity index (χ2n) is 7.44. The van der Waals surface area contributed by atoms with Gasteiger partial charge in [0.05, 0.1) is 0 Å². The minimum Gasteiger partial charge on any atom is -0.508 e. The summed E-state index contributed by atoms with van der Waals surface area (Å²) >= 11 is 0. The van der Waals surface area contributed by atoms with E-state index in [1.165, 1.54) is 26.0 Å². The Balaban J connectivity index is 2.02. The molecule has 2 atom stereocenters. The molecule has 5 N–H and O–H groups in total. The first kappa shape index (κ1) is 22.2. The summed E-state index contributed by atoms with van der Waals surface area (Å²) in [6.07, 6.45) is 2.29. The second kappa shape index (κ2) is 9.40. The summed E-state index contributed by atoms with van der Waals surface area (Å²) in [4.78, 5) is 48.2. The molecule has 29 heavy (non-hydrogen) atoms. The topological polar surface area (TPSA) is 145 Å². The maximum Gasteiger partial charge on any atom is 0.329 e. The van der Waals surface area contributed by atoms with Gasteiger partial charge in [-0.1, -0.05) is 25.0 Å². The Labute approximate surface area is 168 Å². The van der Waals surface area contributed by atoms with Crippen molar-refractivity contribution in [1.29, 1.82) is 0 Å². The van der Waals surface area contributed by atoms with Gasteiger partial charge in [-0.3, -0.25) is 14.4 Å². The van der Waals surface area contributed by atoms with Gasteiger partial charge in [0.25, 0.3) is 0 Å². The Morgan fingerprint density at radius 3 is 2.14 bits per heavy atom. The van der Waals surface area contributed by atoms with Gasteiger partial charge >= 0.3 is 5.97 Å². The number of hydrogen-bond donors (Lipinski definition) is 5. The van der Waals surface area contributed by atoms with E-state index in [1.807, 2.05) is 0 Å². The van der Waals surface area contributed by atoms with Gasteiger partial charge < -0.3 is 26.2 Å². The van der Waals surface area contributed by atoms with E-state index in [-0.39, 0.29) is 12.2 Å². The third kappa shape index (κ3) is 5.94. The van der Waals surface area contributed by atoms with E-state index in [0.717, 1.165) is 0 Å². The molecule has 3 amide bonds. The molecule has 1 saturated carbocycles. The van der Waals surface area contributed by atoms with Crippen LogP contribution in [0.15, 0.2) is 24.3 Å². The predicted molar refractivity (Wildman–Crippen MR) is 104 cm³/mol. The number of carbonyl (C=O) groups excluding carboxylic acids is 3. The number of rotatable bonds is 8. The van der Waals surface area contributed by atoms with Crippen molar-refractivity contribution in [2.45, 2.75) is 63.6 Å². The molecule has 1 aliphatic rings. The Bertz CT molecular complexity index is 771. The van der Waals surface area contributed by atoms with Crippen LogP contribution in [-0.2, 0) is 25.6 Å². The van der Waals surface area contributed by atoms with Crippen LogP contribution in [0.3, 0.4) is 0 Å². The highest BCUT2D eigenvalue weighted by Gasteiger charge is 2.43. The van der Waals surface area contributed by atoms with Crippen LogP contribution in [0.1, 0.15) is 45.1 Å². The fourth-order valence-corrected chi connectivity index (χ4v) is 3.42. The largest absolute Gasteiger partial charge is 0.508 e. The molecule has 1 aliphatic carbocycles. The molecule has 0 bridgehead atoms. The first-order chi connectivity index (χ1) is 13.6. The molecule has 0 radical (unpaired) electrons. The van der Waals surface area contributed by atoms with Gasteiger partial charge in [0.15, 0.2) is 0 Å². The van der Waals surface area contributed by atoms with Crippen LogP contribution in [-0.4, -0.2) is 51.5 Å². The zero-order valence-corrected chi connectivity index (χ0v) is 16.5. The molecule has 0 spiro atoms. The number of nitrogens with one attached hydrogen (secondary N) is 3. The highest BCUT2D eigenvalue weighted by atomic mass is 16.4. The zero-order valence-electron chi connectivity index (χ0n) is 16.5. The first-order valence-electron chi connectivity index (χ1n) is 9.54. The number of aliphatic carboxylic acids is 1. The van der Waals surface area contributed by atoms with E-state index >= 15 is 0 Å². The summed E-state index contributed by atoms with van der Waals surface area (Å²) in [7, 11) is 0. The maximum absolute atomic E-state index is 12.6. The van der Waals surface area contributed by atoms with E-state index in [9.17, 15) is 29.4 Å². The number of aromatic hydroxyl groups is 1. The van der Waals surface area contributed by atoms with Crippen LogP contribution >= 0.6 is 0 Å². The lowest BCUT2D eigenvalue weighted by Gasteiger charge is -2.28. The quantitative estimate of drug-likeness (QED) is 0.425. The van der Waals surface area contributed by atoms with Crippen molar-refractivity contribution >= 4 is 23.7 Å². The van der Waals surface area contributed by atoms with Crippen LogP contribution in [0.5, 0.6) is 5.75 Å². The molecule has 1 aromatic rings. The summed E-state index contributed by atoms with van der Waals surface area (Å²) in [5.41, 5.74) is -0.580. The Morgan fingerprint density at radius 1 is 1.03 bits per heavy atom. The average Bonchev–Trinajstić information content (AvgIpc) is 3.12. The lowest BCUT2D eigenvalue weighted by Crippen LogP contribution is -2.59. The summed E-state index contributed by atoms with van der Waals surface area (Å²) in [5, 5.41) is 26.5. The summed E-state index contributed by atoms with van der Waals surface area (Å²) in [5.74, 6) is -2.55. The fourth-order valence-electron chi connectivity index (χ4n) is 3.42. The smallest absolute Gasteiger partial charge is 0.329 e. The maximum atomic E-state index is 12.6. The highest BCUT2D eigenvalue weighted by molar-refractivity contribution is 5.94. The van der Waals surface area contributed by atoms with Gasteiger partial charge in [-0.25, -0.2) is 4.79 Å². The van der Waals surface area contributed by atoms with Crippen LogP contribution in [0.25, 0.3) is 0 Å². The number of hydrogen-bond acceptors (Lipinski definition) is 5. The van der Waals surface area contributed by atoms with Crippen LogP contribution < -0.4 is 16.0 Å². The van der Waals surface area contributed by atoms with Gasteiger partial charge in [-0.2, -0.15) is 0 Å².